The van der Waals surface area contributed by atoms with E-state index in [9.17, 15) is 23.8 Å². The number of hydrogen-bond donors (Lipinski definition) is 2. The number of allylic oxidation sites excluding steroid dienone is 10. The highest BCUT2D eigenvalue weighted by atomic mass is 31.2. The Morgan fingerprint density at radius 3 is 1.83 bits per heavy atom. The third-order valence-electron chi connectivity index (χ3n) is 8.35. The summed E-state index contributed by atoms with van der Waals surface area (Å²) in [5.74, 6) is -0.778. The second-order valence-electron chi connectivity index (χ2n) is 13.5. The summed E-state index contributed by atoms with van der Waals surface area (Å²) in [6.45, 7) is 3.45. The van der Waals surface area contributed by atoms with Crippen LogP contribution in [0, 0.1) is 0 Å². The van der Waals surface area contributed by atoms with Gasteiger partial charge in [-0.2, -0.15) is 0 Å². The largest absolute Gasteiger partial charge is 0.472 e. The van der Waals surface area contributed by atoms with Gasteiger partial charge in [0.1, 0.15) is 6.61 Å². The molecule has 0 radical (unpaired) electrons. The van der Waals surface area contributed by atoms with Crippen molar-refractivity contribution in [2.45, 2.75) is 168 Å². The lowest BCUT2D eigenvalue weighted by Crippen LogP contribution is -2.29. The van der Waals surface area contributed by atoms with Crippen LogP contribution in [0.2, 0.25) is 0 Å². The summed E-state index contributed by atoms with van der Waals surface area (Å²) in [5, 5.41) is 0. The number of carbonyl (C=O) groups is 3. The van der Waals surface area contributed by atoms with Crippen molar-refractivity contribution in [2.24, 2.45) is 5.73 Å². The Kier molecular flexibility index (Phi) is 36.8. The number of rotatable bonds is 38. The number of esters is 2. The van der Waals surface area contributed by atoms with Crippen LogP contribution in [-0.4, -0.2) is 55.1 Å². The van der Waals surface area contributed by atoms with Crippen molar-refractivity contribution in [3.8, 4) is 0 Å². The van der Waals surface area contributed by atoms with E-state index in [0.717, 1.165) is 64.2 Å². The lowest BCUT2D eigenvalue weighted by atomic mass is 10.1. The zero-order chi connectivity index (χ0) is 39.8. The second kappa shape index (κ2) is 38.6. The van der Waals surface area contributed by atoms with Crippen molar-refractivity contribution >= 4 is 25.5 Å². The van der Waals surface area contributed by atoms with Crippen LogP contribution in [0.15, 0.2) is 60.8 Å². The highest BCUT2D eigenvalue weighted by molar-refractivity contribution is 7.47. The monoisotopic (exact) mass is 780 g/mol. The van der Waals surface area contributed by atoms with Gasteiger partial charge in [0.05, 0.1) is 13.2 Å². The molecule has 0 amide bonds. The van der Waals surface area contributed by atoms with Gasteiger partial charge in [0.25, 0.3) is 0 Å². The molecule has 0 rings (SSSR count). The van der Waals surface area contributed by atoms with E-state index >= 15 is 0 Å². The average Bonchev–Trinajstić information content (AvgIpc) is 3.15. The number of ketones is 1. The zero-order valence-corrected chi connectivity index (χ0v) is 34.6. The Labute approximate surface area is 327 Å². The zero-order valence-electron chi connectivity index (χ0n) is 33.7. The van der Waals surface area contributed by atoms with E-state index in [2.05, 4.69) is 38.2 Å². The summed E-state index contributed by atoms with van der Waals surface area (Å²) in [6.07, 6.45) is 40.9. The standard InChI is InChI=1S/C43H74NO9P/c1-3-5-7-8-9-10-11-12-13-14-17-20-23-26-30-34-42(46)50-38-41(39-52-54(48,49)51-37-36-44)53-43(47)35-31-27-24-21-18-15-16-19-22-25-29-33-40(45)32-28-6-4-2/h12-13,15-16,21-22,24-25,29,33,41H,3-11,14,17-20,23,26-28,30-32,34-39,44H2,1-2H3,(H,48,49)/b13-12-,16-15-,24-21-,25-22-,33-29+/t41-/m1/s1. The average molecular weight is 780 g/mol. The molecular formula is C43H74NO9P. The summed E-state index contributed by atoms with van der Waals surface area (Å²) in [4.78, 5) is 46.5. The van der Waals surface area contributed by atoms with Gasteiger partial charge in [-0.15, -0.1) is 0 Å². The molecule has 310 valence electrons. The van der Waals surface area contributed by atoms with E-state index in [1.807, 2.05) is 24.3 Å². The number of phosphoric ester groups is 1. The van der Waals surface area contributed by atoms with Crippen molar-refractivity contribution < 1.29 is 42.4 Å². The Bertz CT molecular complexity index is 1130. The molecule has 11 heteroatoms. The van der Waals surface area contributed by atoms with E-state index < -0.39 is 32.5 Å². The summed E-state index contributed by atoms with van der Waals surface area (Å²) < 4.78 is 32.6. The highest BCUT2D eigenvalue weighted by Gasteiger charge is 2.25. The predicted octanol–water partition coefficient (Wildman–Crippen LogP) is 10.9. The maximum atomic E-state index is 12.5. The van der Waals surface area contributed by atoms with Gasteiger partial charge in [-0.05, 0) is 70.3 Å². The summed E-state index contributed by atoms with van der Waals surface area (Å²) in [6, 6.07) is 0. The minimum Gasteiger partial charge on any atom is -0.462 e. The molecule has 0 heterocycles. The van der Waals surface area contributed by atoms with Gasteiger partial charge in [-0.25, -0.2) is 4.57 Å². The van der Waals surface area contributed by atoms with Gasteiger partial charge < -0.3 is 20.1 Å². The Morgan fingerprint density at radius 1 is 0.611 bits per heavy atom. The molecule has 0 aliphatic heterocycles. The Morgan fingerprint density at radius 2 is 1.15 bits per heavy atom. The molecule has 10 nitrogen and oxygen atoms in total. The van der Waals surface area contributed by atoms with Crippen molar-refractivity contribution in [3.63, 3.8) is 0 Å². The quantitative estimate of drug-likeness (QED) is 0.0155. The molecule has 0 saturated carbocycles. The summed E-state index contributed by atoms with van der Waals surface area (Å²) in [5.41, 5.74) is 5.33. The van der Waals surface area contributed by atoms with Crippen molar-refractivity contribution in [1.29, 1.82) is 0 Å². The van der Waals surface area contributed by atoms with Crippen molar-refractivity contribution in [2.75, 3.05) is 26.4 Å². The third kappa shape index (κ3) is 37.7. The molecule has 2 atom stereocenters. The van der Waals surface area contributed by atoms with Crippen LogP contribution >= 0.6 is 7.82 Å². The van der Waals surface area contributed by atoms with Gasteiger partial charge in [0, 0.05) is 25.8 Å². The van der Waals surface area contributed by atoms with Crippen LogP contribution in [-0.2, 0) is 37.5 Å². The molecule has 3 N–H and O–H groups in total. The molecule has 0 aromatic rings. The van der Waals surface area contributed by atoms with E-state index in [0.29, 0.717) is 25.7 Å². The topological polar surface area (TPSA) is 151 Å². The molecule has 0 bridgehead atoms. The minimum atomic E-state index is -4.41. The van der Waals surface area contributed by atoms with Gasteiger partial charge >= 0.3 is 19.8 Å². The van der Waals surface area contributed by atoms with Gasteiger partial charge in [0.2, 0.25) is 0 Å². The van der Waals surface area contributed by atoms with Crippen LogP contribution in [0.5, 0.6) is 0 Å². The molecule has 0 aliphatic carbocycles. The molecule has 54 heavy (non-hydrogen) atoms. The minimum absolute atomic E-state index is 0.0314. The molecule has 0 aliphatic rings. The number of phosphoric acid groups is 1. The van der Waals surface area contributed by atoms with Crippen LogP contribution in [0.4, 0.5) is 0 Å². The number of nitrogens with two attached hydrogens (primary N) is 1. The maximum absolute atomic E-state index is 12.5. The second-order valence-corrected chi connectivity index (χ2v) is 15.0. The normalized spacial score (nSPS) is 13.9. The van der Waals surface area contributed by atoms with Gasteiger partial charge in [0.15, 0.2) is 11.9 Å². The molecule has 0 aromatic heterocycles. The number of ether oxygens (including phenoxy) is 2. The van der Waals surface area contributed by atoms with Crippen LogP contribution in [0.1, 0.15) is 162 Å². The molecule has 0 aromatic carbocycles. The highest BCUT2D eigenvalue weighted by Crippen LogP contribution is 2.43. The van der Waals surface area contributed by atoms with Crippen molar-refractivity contribution in [3.05, 3.63) is 60.8 Å². The van der Waals surface area contributed by atoms with E-state index in [-0.39, 0.29) is 38.4 Å². The first-order valence-corrected chi connectivity index (χ1v) is 22.2. The lowest BCUT2D eigenvalue weighted by Gasteiger charge is -2.19. The Hall–Kier alpha value is -2.62. The van der Waals surface area contributed by atoms with Gasteiger partial charge in [-0.3, -0.25) is 23.4 Å². The van der Waals surface area contributed by atoms with Gasteiger partial charge in [-0.1, -0.05) is 133 Å². The maximum Gasteiger partial charge on any atom is 0.472 e. The van der Waals surface area contributed by atoms with Crippen LogP contribution in [0.3, 0.4) is 0 Å². The number of carbonyl (C=O) groups excluding carboxylic acids is 3. The molecular weight excluding hydrogens is 705 g/mol. The van der Waals surface area contributed by atoms with Crippen LogP contribution < -0.4 is 5.73 Å². The fourth-order valence-corrected chi connectivity index (χ4v) is 5.99. The fraction of sp³-hybridized carbons (Fsp3) is 0.698. The number of unbranched alkanes of at least 4 members (excludes halogenated alkanes) is 14. The molecule has 0 saturated heterocycles. The van der Waals surface area contributed by atoms with E-state index in [4.69, 9.17) is 24.3 Å². The third-order valence-corrected chi connectivity index (χ3v) is 9.34. The first kappa shape index (κ1) is 51.4. The van der Waals surface area contributed by atoms with Crippen molar-refractivity contribution in [1.82, 2.24) is 0 Å². The SMILES string of the molecule is CCCCCCCC/C=C\CCCCCCCC(=O)OC[C@H](COP(=O)(O)OCCN)OC(=O)CCC/C=C\C/C=C\C/C=C\C=C\C(=O)CCCCC. The first-order valence-electron chi connectivity index (χ1n) is 20.7. The first-order chi connectivity index (χ1) is 26.2. The van der Waals surface area contributed by atoms with Crippen LogP contribution in [0.25, 0.3) is 0 Å². The van der Waals surface area contributed by atoms with E-state index in [1.54, 1.807) is 12.2 Å². The lowest BCUT2D eigenvalue weighted by molar-refractivity contribution is -0.161. The molecule has 0 spiro atoms. The Balaban J connectivity index is 4.35. The predicted molar refractivity (Wildman–Crippen MR) is 220 cm³/mol. The molecule has 1 unspecified atom stereocenters. The summed E-state index contributed by atoms with van der Waals surface area (Å²) >= 11 is 0. The fourth-order valence-electron chi connectivity index (χ4n) is 5.22. The number of hydrogen-bond acceptors (Lipinski definition) is 9. The smallest absolute Gasteiger partial charge is 0.462 e. The summed E-state index contributed by atoms with van der Waals surface area (Å²) in [7, 11) is -4.41. The molecule has 0 fully saturated rings. The van der Waals surface area contributed by atoms with E-state index in [1.165, 1.54) is 44.9 Å².